The number of benzene rings is 3. The highest BCUT2D eigenvalue weighted by Gasteiger charge is 2.25. The molecule has 1 N–H and O–H groups in total. The van der Waals surface area contributed by atoms with Crippen LogP contribution in [0.3, 0.4) is 0 Å². The Balaban J connectivity index is 1.56. The number of Topliss-reactive ketones (excluding diaryl/α,β-unsaturated/α-hetero) is 1. The van der Waals surface area contributed by atoms with Crippen LogP contribution in [0.4, 0.5) is 11.5 Å². The van der Waals surface area contributed by atoms with Gasteiger partial charge < -0.3 is 5.32 Å². The van der Waals surface area contributed by atoms with E-state index in [1.165, 1.54) is 17.4 Å². The highest BCUT2D eigenvalue weighted by molar-refractivity contribution is 7.89. The predicted molar refractivity (Wildman–Crippen MR) is 133 cm³/mol. The van der Waals surface area contributed by atoms with Gasteiger partial charge in [-0.3, -0.25) is 4.79 Å². The molecule has 0 aliphatic carbocycles. The Morgan fingerprint density at radius 3 is 1.82 bits per heavy atom. The van der Waals surface area contributed by atoms with Crippen LogP contribution < -0.4 is 5.32 Å². The average Bonchev–Trinajstić information content (AvgIpc) is 2.85. The minimum absolute atomic E-state index is 0.00482. The molecule has 0 amide bonds. The van der Waals surface area contributed by atoms with Crippen LogP contribution in [0.2, 0.25) is 0 Å². The summed E-state index contributed by atoms with van der Waals surface area (Å²) in [6, 6.07) is 29.3. The number of carbonyl (C=O) groups excluding carboxylic acids is 1. The monoisotopic (exact) mass is 471 g/mol. The summed E-state index contributed by atoms with van der Waals surface area (Å²) in [4.78, 5) is 15.9. The fourth-order valence-electron chi connectivity index (χ4n) is 3.49. The summed E-state index contributed by atoms with van der Waals surface area (Å²) in [7, 11) is -3.80. The summed E-state index contributed by atoms with van der Waals surface area (Å²) in [6.07, 6.45) is 1.37. The number of nitrogens with zero attached hydrogens (tertiary/aromatic N) is 2. The molecule has 1 aromatic heterocycles. The maximum Gasteiger partial charge on any atom is 0.245 e. The van der Waals surface area contributed by atoms with Gasteiger partial charge in [0.25, 0.3) is 0 Å². The maximum atomic E-state index is 13.5. The summed E-state index contributed by atoms with van der Waals surface area (Å²) in [5.41, 5.74) is 3.18. The molecular weight excluding hydrogens is 446 g/mol. The zero-order valence-electron chi connectivity index (χ0n) is 18.8. The van der Waals surface area contributed by atoms with Gasteiger partial charge in [-0.05, 0) is 54.4 Å². The number of aromatic nitrogens is 1. The lowest BCUT2D eigenvalue weighted by Gasteiger charge is -2.22. The van der Waals surface area contributed by atoms with Crippen molar-refractivity contribution in [1.82, 2.24) is 9.29 Å². The van der Waals surface area contributed by atoms with Gasteiger partial charge in [0.15, 0.2) is 5.78 Å². The number of carbonyl (C=O) groups is 1. The number of rotatable bonds is 9. The van der Waals surface area contributed by atoms with E-state index in [1.807, 2.05) is 60.7 Å². The van der Waals surface area contributed by atoms with Gasteiger partial charge in [0.05, 0.1) is 0 Å². The predicted octanol–water partition coefficient (Wildman–Crippen LogP) is 5.42. The number of nitrogens with one attached hydrogen (secondary N) is 1. The smallest absolute Gasteiger partial charge is 0.245 e. The highest BCUT2D eigenvalue weighted by atomic mass is 32.2. The molecule has 0 spiro atoms. The summed E-state index contributed by atoms with van der Waals surface area (Å²) in [6.45, 7) is 2.02. The van der Waals surface area contributed by atoms with Crippen LogP contribution in [-0.2, 0) is 23.1 Å². The van der Waals surface area contributed by atoms with Crippen LogP contribution in [0.15, 0.2) is 108 Å². The van der Waals surface area contributed by atoms with Crippen LogP contribution >= 0.6 is 0 Å². The van der Waals surface area contributed by atoms with Crippen molar-refractivity contribution in [3.8, 4) is 0 Å². The van der Waals surface area contributed by atoms with Crippen molar-refractivity contribution in [3.05, 3.63) is 120 Å². The Bertz CT molecular complexity index is 1300. The molecule has 172 valence electrons. The van der Waals surface area contributed by atoms with E-state index < -0.39 is 10.0 Å². The maximum absolute atomic E-state index is 13.5. The third-order valence-corrected chi connectivity index (χ3v) is 7.12. The van der Waals surface area contributed by atoms with E-state index in [1.54, 1.807) is 36.4 Å². The fraction of sp³-hybridized carbons (Fsp3) is 0.111. The topological polar surface area (TPSA) is 79.4 Å². The molecule has 4 rings (SSSR count). The quantitative estimate of drug-likeness (QED) is 0.330. The molecule has 0 unspecified atom stereocenters. The van der Waals surface area contributed by atoms with E-state index in [0.29, 0.717) is 11.4 Å². The number of hydrogen-bond acceptors (Lipinski definition) is 5. The number of hydrogen-bond donors (Lipinski definition) is 1. The lowest BCUT2D eigenvalue weighted by Crippen LogP contribution is -2.30. The first-order valence-electron chi connectivity index (χ1n) is 10.8. The first kappa shape index (κ1) is 23.4. The molecule has 0 bridgehead atoms. The molecule has 4 aromatic rings. The number of anilines is 2. The van der Waals surface area contributed by atoms with Crippen LogP contribution in [0.25, 0.3) is 0 Å². The van der Waals surface area contributed by atoms with Gasteiger partial charge in [-0.1, -0.05) is 60.7 Å². The molecule has 1 heterocycles. The molecular formula is C27H25N3O3S. The largest absolute Gasteiger partial charge is 0.340 e. The standard InChI is InChI=1S/C27H25N3O3S/c1-21(31)24-12-14-25(15-13-24)29-27-17-16-26(18-28-27)34(32,33)30(19-22-8-4-2-5-9-22)20-23-10-6-3-7-11-23/h2-18H,19-20H2,1H3,(H,28,29). The average molecular weight is 472 g/mol. The molecule has 7 heteroatoms. The Morgan fingerprint density at radius 1 is 0.794 bits per heavy atom. The second-order valence-corrected chi connectivity index (χ2v) is 9.82. The van der Waals surface area contributed by atoms with Gasteiger partial charge in [-0.25, -0.2) is 13.4 Å². The van der Waals surface area contributed by atoms with E-state index in [9.17, 15) is 13.2 Å². The van der Waals surface area contributed by atoms with E-state index in [2.05, 4.69) is 10.3 Å². The Hall–Kier alpha value is -3.81. The normalized spacial score (nSPS) is 11.4. The molecule has 0 fully saturated rings. The van der Waals surface area contributed by atoms with Crippen molar-refractivity contribution < 1.29 is 13.2 Å². The zero-order valence-corrected chi connectivity index (χ0v) is 19.6. The van der Waals surface area contributed by atoms with Gasteiger partial charge in [0.1, 0.15) is 10.7 Å². The molecule has 6 nitrogen and oxygen atoms in total. The third kappa shape index (κ3) is 5.75. The fourth-order valence-corrected chi connectivity index (χ4v) is 4.85. The molecule has 0 atom stereocenters. The van der Waals surface area contributed by atoms with Gasteiger partial charge in [0, 0.05) is 30.5 Å². The van der Waals surface area contributed by atoms with Gasteiger partial charge >= 0.3 is 0 Å². The van der Waals surface area contributed by atoms with E-state index >= 15 is 0 Å². The molecule has 34 heavy (non-hydrogen) atoms. The summed E-state index contributed by atoms with van der Waals surface area (Å²) < 4.78 is 28.6. The number of ketones is 1. The lowest BCUT2D eigenvalue weighted by molar-refractivity contribution is 0.101. The van der Waals surface area contributed by atoms with Crippen LogP contribution in [0.5, 0.6) is 0 Å². The van der Waals surface area contributed by atoms with Gasteiger partial charge in [0.2, 0.25) is 10.0 Å². The van der Waals surface area contributed by atoms with Crippen LogP contribution in [0.1, 0.15) is 28.4 Å². The highest BCUT2D eigenvalue weighted by Crippen LogP contribution is 2.23. The van der Waals surface area contributed by atoms with Crippen molar-refractivity contribution in [2.75, 3.05) is 5.32 Å². The van der Waals surface area contributed by atoms with E-state index in [0.717, 1.165) is 16.8 Å². The lowest BCUT2D eigenvalue weighted by atomic mass is 10.1. The van der Waals surface area contributed by atoms with Crippen LogP contribution in [-0.4, -0.2) is 23.5 Å². The summed E-state index contributed by atoms with van der Waals surface area (Å²) in [5, 5.41) is 3.13. The Morgan fingerprint density at radius 2 is 1.35 bits per heavy atom. The summed E-state index contributed by atoms with van der Waals surface area (Å²) >= 11 is 0. The first-order valence-corrected chi connectivity index (χ1v) is 12.3. The second kappa shape index (κ2) is 10.4. The molecule has 0 aliphatic rings. The number of sulfonamides is 1. The van der Waals surface area contributed by atoms with Gasteiger partial charge in [-0.2, -0.15) is 4.31 Å². The SMILES string of the molecule is CC(=O)c1ccc(Nc2ccc(S(=O)(=O)N(Cc3ccccc3)Cc3ccccc3)cn2)cc1. The minimum atomic E-state index is -3.80. The van der Waals surface area contributed by atoms with Crippen LogP contribution in [0, 0.1) is 0 Å². The van der Waals surface area contributed by atoms with Crippen molar-refractivity contribution >= 4 is 27.3 Å². The Kier molecular flexibility index (Phi) is 7.15. The molecule has 0 saturated carbocycles. The number of pyridine rings is 1. The Labute approximate surface area is 200 Å². The minimum Gasteiger partial charge on any atom is -0.340 e. The van der Waals surface area contributed by atoms with E-state index in [4.69, 9.17) is 0 Å². The molecule has 0 radical (unpaired) electrons. The van der Waals surface area contributed by atoms with Crippen molar-refractivity contribution in [3.63, 3.8) is 0 Å². The first-order chi connectivity index (χ1) is 16.4. The summed E-state index contributed by atoms with van der Waals surface area (Å²) in [5.74, 6) is 0.502. The van der Waals surface area contributed by atoms with Gasteiger partial charge in [-0.15, -0.1) is 0 Å². The van der Waals surface area contributed by atoms with Crippen molar-refractivity contribution in [2.24, 2.45) is 0 Å². The third-order valence-electron chi connectivity index (χ3n) is 5.34. The molecule has 3 aromatic carbocycles. The van der Waals surface area contributed by atoms with Crippen molar-refractivity contribution in [1.29, 1.82) is 0 Å². The van der Waals surface area contributed by atoms with E-state index in [-0.39, 0.29) is 23.8 Å². The second-order valence-electron chi connectivity index (χ2n) is 7.88. The zero-order chi connectivity index (χ0) is 24.0. The molecule has 0 aliphatic heterocycles. The van der Waals surface area contributed by atoms with Crippen molar-refractivity contribution in [2.45, 2.75) is 24.9 Å². The molecule has 0 saturated heterocycles.